The molecule has 14 heteroatoms. The third-order valence-corrected chi connectivity index (χ3v) is 10.1. The Morgan fingerprint density at radius 2 is 1.70 bits per heavy atom. The van der Waals surface area contributed by atoms with Crippen molar-refractivity contribution in [3.05, 3.63) is 59.7 Å². The van der Waals surface area contributed by atoms with Crippen LogP contribution in [0.1, 0.15) is 98.0 Å². The molecule has 2 fully saturated rings. The zero-order chi connectivity index (χ0) is 41.1. The van der Waals surface area contributed by atoms with Crippen LogP contribution in [-0.2, 0) is 63.7 Å². The van der Waals surface area contributed by atoms with Gasteiger partial charge in [-0.05, 0) is 44.2 Å². The topological polar surface area (TPSA) is 162 Å². The zero-order valence-corrected chi connectivity index (χ0v) is 34.5. The fraction of sp³-hybridized carbons (Fsp3) is 0.667. The highest BCUT2D eigenvalue weighted by molar-refractivity contribution is 6.26. The molecule has 2 saturated heterocycles. The fourth-order valence-corrected chi connectivity index (χ4v) is 6.55. The average molecular weight is 809 g/mol. The summed E-state index contributed by atoms with van der Waals surface area (Å²) in [7, 11) is 1.32. The summed E-state index contributed by atoms with van der Waals surface area (Å²) < 4.78 is 45.7. The zero-order valence-electron chi connectivity index (χ0n) is 33.7. The van der Waals surface area contributed by atoms with Gasteiger partial charge >= 0.3 is 23.9 Å². The van der Waals surface area contributed by atoms with E-state index in [9.17, 15) is 24.3 Å². The van der Waals surface area contributed by atoms with Gasteiger partial charge in [0, 0.05) is 37.0 Å². The first-order chi connectivity index (χ1) is 26.7. The van der Waals surface area contributed by atoms with E-state index in [-0.39, 0.29) is 57.6 Å². The smallest absolute Gasteiger partial charge is 0.320 e. The Labute approximate surface area is 336 Å². The molecule has 2 heterocycles. The molecule has 1 N–H and O–H groups in total. The molecule has 1 aromatic rings. The van der Waals surface area contributed by atoms with E-state index >= 15 is 0 Å². The number of halogens is 1. The van der Waals surface area contributed by atoms with Gasteiger partial charge in [0.2, 0.25) is 0 Å². The number of ether oxygens (including phenoxy) is 8. The van der Waals surface area contributed by atoms with Crippen molar-refractivity contribution in [1.82, 2.24) is 0 Å². The summed E-state index contributed by atoms with van der Waals surface area (Å²) in [4.78, 5) is 49.8. The quantitative estimate of drug-likeness (QED) is 0.0585. The van der Waals surface area contributed by atoms with E-state index in [1.165, 1.54) is 7.11 Å². The normalized spacial score (nSPS) is 22.2. The molecule has 1 aromatic carbocycles. The lowest BCUT2D eigenvalue weighted by molar-refractivity contribution is -0.266. The van der Waals surface area contributed by atoms with Gasteiger partial charge in [-0.3, -0.25) is 19.2 Å². The predicted molar refractivity (Wildman–Crippen MR) is 207 cm³/mol. The fourth-order valence-electron chi connectivity index (χ4n) is 6.47. The van der Waals surface area contributed by atoms with Crippen molar-refractivity contribution in [3.63, 3.8) is 0 Å². The highest BCUT2D eigenvalue weighted by atomic mass is 35.5. The van der Waals surface area contributed by atoms with Crippen LogP contribution in [0.15, 0.2) is 54.1 Å². The summed E-state index contributed by atoms with van der Waals surface area (Å²) in [5.41, 5.74) is 1.09. The number of rotatable bonds is 22. The second-order valence-corrected chi connectivity index (χ2v) is 15.3. The van der Waals surface area contributed by atoms with Crippen LogP contribution in [0.25, 0.3) is 0 Å². The molecule has 0 saturated carbocycles. The number of carbonyl (C=O) groups is 4. The van der Waals surface area contributed by atoms with Gasteiger partial charge in [0.1, 0.15) is 18.1 Å². The lowest BCUT2D eigenvalue weighted by Crippen LogP contribution is -2.48. The molecule has 0 aliphatic carbocycles. The van der Waals surface area contributed by atoms with Crippen LogP contribution >= 0.6 is 11.6 Å². The Kier molecular flexibility index (Phi) is 20.0. The summed E-state index contributed by atoms with van der Waals surface area (Å²) in [5, 5.41) is 12.0. The monoisotopic (exact) mass is 808 g/mol. The Balaban J connectivity index is 1.72. The van der Waals surface area contributed by atoms with Crippen LogP contribution in [-0.4, -0.2) is 98.3 Å². The molecular formula is C42H61ClO13. The van der Waals surface area contributed by atoms with E-state index in [1.54, 1.807) is 18.2 Å². The molecule has 314 valence electrons. The number of esters is 4. The molecule has 0 amide bonds. The predicted octanol–water partition coefficient (Wildman–Crippen LogP) is 6.51. The Hall–Kier alpha value is -3.33. The van der Waals surface area contributed by atoms with Crippen molar-refractivity contribution in [2.75, 3.05) is 32.8 Å². The Morgan fingerprint density at radius 3 is 2.34 bits per heavy atom. The van der Waals surface area contributed by atoms with Crippen LogP contribution in [0.5, 0.6) is 0 Å². The van der Waals surface area contributed by atoms with Crippen LogP contribution in [0, 0.1) is 11.3 Å². The summed E-state index contributed by atoms with van der Waals surface area (Å²) >= 11 is 5.54. The molecule has 2 aliphatic heterocycles. The van der Waals surface area contributed by atoms with Gasteiger partial charge in [0.25, 0.3) is 0 Å². The van der Waals surface area contributed by atoms with Crippen molar-refractivity contribution in [2.24, 2.45) is 11.3 Å². The van der Waals surface area contributed by atoms with Crippen molar-refractivity contribution in [1.29, 1.82) is 0 Å². The number of hydrogen-bond acceptors (Lipinski definition) is 13. The Morgan fingerprint density at radius 1 is 1.02 bits per heavy atom. The molecule has 0 aromatic heterocycles. The first-order valence-electron chi connectivity index (χ1n) is 19.5. The van der Waals surface area contributed by atoms with E-state index in [1.807, 2.05) is 65.0 Å². The summed E-state index contributed by atoms with van der Waals surface area (Å²) in [6.45, 7) is 10.6. The van der Waals surface area contributed by atoms with Crippen LogP contribution in [0.2, 0.25) is 0 Å². The van der Waals surface area contributed by atoms with E-state index in [4.69, 9.17) is 49.5 Å². The van der Waals surface area contributed by atoms with Gasteiger partial charge in [-0.25, -0.2) is 0 Å². The number of benzene rings is 1. The van der Waals surface area contributed by atoms with Crippen LogP contribution < -0.4 is 0 Å². The highest BCUT2D eigenvalue weighted by Crippen LogP contribution is 2.39. The molecule has 0 bridgehead atoms. The van der Waals surface area contributed by atoms with E-state index < -0.39 is 71.7 Å². The second-order valence-electron chi connectivity index (χ2n) is 15.0. The van der Waals surface area contributed by atoms with E-state index in [2.05, 4.69) is 0 Å². The van der Waals surface area contributed by atoms with Gasteiger partial charge in [0.15, 0.2) is 12.1 Å². The largest absolute Gasteiger partial charge is 0.469 e. The average Bonchev–Trinajstić information content (AvgIpc) is 3.19. The molecule has 3 rings (SSSR count). The first-order valence-corrected chi connectivity index (χ1v) is 20.0. The lowest BCUT2D eigenvalue weighted by Gasteiger charge is -2.42. The SMILES string of the molecule is CCC(OC(=O)CCCC(=O)OC(CC1C/C(=C\CC(=O)OC)CC(O)([C@H](C)/C=C/C2OCCCO2)O1)[C@@H](C)OCc1ccccc1)C(C)(C)COC(=O)CCl. The maximum atomic E-state index is 13.3. The maximum absolute atomic E-state index is 13.3. The minimum absolute atomic E-state index is 0.0245. The minimum atomic E-state index is -1.66. The third-order valence-electron chi connectivity index (χ3n) is 9.90. The number of aliphatic hydroxyl groups is 1. The van der Waals surface area contributed by atoms with Crippen molar-refractivity contribution < 1.29 is 62.2 Å². The maximum Gasteiger partial charge on any atom is 0.320 e. The molecule has 4 unspecified atom stereocenters. The molecule has 0 spiro atoms. The summed E-state index contributed by atoms with van der Waals surface area (Å²) in [6, 6.07) is 9.60. The molecule has 56 heavy (non-hydrogen) atoms. The van der Waals surface area contributed by atoms with Gasteiger partial charge in [-0.15, -0.1) is 11.6 Å². The molecule has 0 radical (unpaired) electrons. The van der Waals surface area contributed by atoms with Crippen molar-refractivity contribution in [3.8, 4) is 0 Å². The minimum Gasteiger partial charge on any atom is -0.469 e. The number of carbonyl (C=O) groups excluding carboxylic acids is 4. The Bertz CT molecular complexity index is 1440. The van der Waals surface area contributed by atoms with Gasteiger partial charge in [0.05, 0.1) is 52.2 Å². The van der Waals surface area contributed by atoms with E-state index in [0.717, 1.165) is 17.6 Å². The third kappa shape index (κ3) is 16.3. The van der Waals surface area contributed by atoms with Crippen LogP contribution in [0.4, 0.5) is 0 Å². The first kappa shape index (κ1) is 47.0. The molecular weight excluding hydrogens is 748 g/mol. The number of alkyl halides is 1. The highest BCUT2D eigenvalue weighted by Gasteiger charge is 2.43. The van der Waals surface area contributed by atoms with Gasteiger partial charge < -0.3 is 43.0 Å². The van der Waals surface area contributed by atoms with Gasteiger partial charge in [-0.2, -0.15) is 0 Å². The number of methoxy groups -OCH3 is 1. The molecule has 2 aliphatic rings. The van der Waals surface area contributed by atoms with Crippen molar-refractivity contribution >= 4 is 35.5 Å². The molecule has 6 atom stereocenters. The summed E-state index contributed by atoms with van der Waals surface area (Å²) in [5.74, 6) is -4.42. The lowest BCUT2D eigenvalue weighted by atomic mass is 9.85. The standard InChI is InChI=1S/C42H61ClO13/c1-7-35(41(4,5)28-53-39(47)26-43)55-38(46)16-11-15-37(45)54-34(30(3)52-27-31-13-9-8-10-14-31)24-33-23-32(18-19-36(44)49-6)25-42(48,56-33)29(2)17-20-40-50-21-12-22-51-40/h8-10,13-14,17-18,20,29-30,33-35,40,48H,7,11-12,15-16,19,21-28H2,1-6H3/b20-17+,32-18+/t29-,30-,33?,34?,35?,42?/m1/s1. The number of hydrogen-bond donors (Lipinski definition) is 1. The van der Waals surface area contributed by atoms with E-state index in [0.29, 0.717) is 26.1 Å². The second kappa shape index (κ2) is 23.8. The van der Waals surface area contributed by atoms with Crippen molar-refractivity contribution in [2.45, 2.75) is 136 Å². The van der Waals surface area contributed by atoms with Crippen LogP contribution in [0.3, 0.4) is 0 Å². The van der Waals surface area contributed by atoms with Gasteiger partial charge in [-0.1, -0.05) is 75.8 Å². The summed E-state index contributed by atoms with van der Waals surface area (Å²) in [6.07, 6.45) is 4.39. The molecule has 13 nitrogen and oxygen atoms in total.